The first-order valence-electron chi connectivity index (χ1n) is 11.6. The van der Waals surface area contributed by atoms with Gasteiger partial charge in [0.2, 0.25) is 0 Å². The lowest BCUT2D eigenvalue weighted by atomic mass is 9.34. The molecule has 24 heavy (non-hydrogen) atoms. The SMILES string of the molecule is CCCCC[C@H]1[C@@H]2CC[C@@]3(C)[C@]4(C)CC[C@H]5[C@H](CCCCC)[C@]54[C@@]123. The van der Waals surface area contributed by atoms with Crippen LogP contribution in [0.2, 0.25) is 0 Å². The van der Waals surface area contributed by atoms with Crippen LogP contribution >= 0.6 is 0 Å². The third-order valence-corrected chi connectivity index (χ3v) is 11.0. The standard InChI is InChI=1S/C24H40/c1-5-7-9-11-17-19-13-15-21(3)22(4)16-14-20-18(12-10-8-6-2)24(20,22)23(17,19)21/h17-20H,5-16H2,1-4H3/t17-,18-,19-,20-,21-,22-,23-,24-/m0/s1. The Labute approximate surface area is 150 Å². The van der Waals surface area contributed by atoms with Crippen molar-refractivity contribution in [2.24, 2.45) is 45.3 Å². The lowest BCUT2D eigenvalue weighted by molar-refractivity contribution is -0.231. The zero-order chi connectivity index (χ0) is 16.8. The third kappa shape index (κ3) is 1.31. The molecule has 0 aliphatic heterocycles. The van der Waals surface area contributed by atoms with E-state index in [-0.39, 0.29) is 0 Å². The van der Waals surface area contributed by atoms with Gasteiger partial charge in [0.1, 0.15) is 0 Å². The van der Waals surface area contributed by atoms with E-state index in [2.05, 4.69) is 27.7 Å². The molecule has 5 fully saturated rings. The number of rotatable bonds is 8. The lowest BCUT2D eigenvalue weighted by Gasteiger charge is -2.70. The van der Waals surface area contributed by atoms with Gasteiger partial charge in [-0.1, -0.05) is 66.2 Å². The normalized spacial score (nSPS) is 58.5. The van der Waals surface area contributed by atoms with Gasteiger partial charge in [0.25, 0.3) is 0 Å². The largest absolute Gasteiger partial charge is 0.0654 e. The van der Waals surface area contributed by atoms with Crippen LogP contribution in [0.15, 0.2) is 0 Å². The molecule has 0 heteroatoms. The Morgan fingerprint density at radius 1 is 0.667 bits per heavy atom. The fourth-order valence-corrected chi connectivity index (χ4v) is 10.5. The van der Waals surface area contributed by atoms with Gasteiger partial charge in [0, 0.05) is 0 Å². The molecule has 0 amide bonds. The number of unbranched alkanes of at least 4 members (excludes halogenated alkanes) is 4. The Morgan fingerprint density at radius 2 is 1.08 bits per heavy atom. The van der Waals surface area contributed by atoms with Gasteiger partial charge in [-0.3, -0.25) is 0 Å². The maximum absolute atomic E-state index is 2.77. The van der Waals surface area contributed by atoms with Crippen LogP contribution in [0.3, 0.4) is 0 Å². The van der Waals surface area contributed by atoms with E-state index < -0.39 is 0 Å². The average Bonchev–Trinajstić information content (AvgIpc) is 3.36. The van der Waals surface area contributed by atoms with Crippen molar-refractivity contribution in [3.8, 4) is 0 Å². The van der Waals surface area contributed by atoms with Gasteiger partial charge in [-0.15, -0.1) is 0 Å². The fraction of sp³-hybridized carbons (Fsp3) is 1.00. The summed E-state index contributed by atoms with van der Waals surface area (Å²) >= 11 is 0. The molecule has 0 aromatic rings. The lowest BCUT2D eigenvalue weighted by Crippen LogP contribution is -2.65. The molecule has 5 aliphatic carbocycles. The summed E-state index contributed by atoms with van der Waals surface area (Å²) in [6.45, 7) is 10.3. The molecule has 5 aliphatic rings. The maximum Gasteiger partial charge on any atom is -0.0109 e. The summed E-state index contributed by atoms with van der Waals surface area (Å²) < 4.78 is 0. The van der Waals surface area contributed by atoms with E-state index in [9.17, 15) is 0 Å². The van der Waals surface area contributed by atoms with Crippen molar-refractivity contribution in [3.05, 3.63) is 0 Å². The number of hydrogen-bond acceptors (Lipinski definition) is 0. The quantitative estimate of drug-likeness (QED) is 0.412. The molecule has 0 aromatic carbocycles. The van der Waals surface area contributed by atoms with Crippen LogP contribution in [0, 0.1) is 45.3 Å². The summed E-state index contributed by atoms with van der Waals surface area (Å²) in [5.74, 6) is 4.61. The highest BCUT2D eigenvalue weighted by Gasteiger charge is 3.03. The molecule has 0 unspecified atom stereocenters. The third-order valence-electron chi connectivity index (χ3n) is 11.0. The maximum atomic E-state index is 2.77. The van der Waals surface area contributed by atoms with E-state index in [1.165, 1.54) is 38.5 Å². The molecule has 5 saturated carbocycles. The van der Waals surface area contributed by atoms with Crippen LogP contribution in [0.4, 0.5) is 0 Å². The number of hydrogen-bond donors (Lipinski definition) is 0. The van der Waals surface area contributed by atoms with Crippen LogP contribution in [-0.2, 0) is 0 Å². The highest BCUT2D eigenvalue weighted by molar-refractivity contribution is 5.50. The first kappa shape index (κ1) is 16.2. The van der Waals surface area contributed by atoms with Gasteiger partial charge in [0.15, 0.2) is 0 Å². The minimum atomic E-state index is 0.732. The van der Waals surface area contributed by atoms with Crippen molar-refractivity contribution in [2.45, 2.75) is 105 Å². The Kier molecular flexibility index (Phi) is 3.26. The van der Waals surface area contributed by atoms with Gasteiger partial charge in [-0.25, -0.2) is 0 Å². The molecule has 0 heterocycles. The van der Waals surface area contributed by atoms with Gasteiger partial charge in [0.05, 0.1) is 0 Å². The molecule has 8 atom stereocenters. The molecule has 0 aromatic heterocycles. The van der Waals surface area contributed by atoms with Gasteiger partial charge < -0.3 is 0 Å². The van der Waals surface area contributed by atoms with Crippen molar-refractivity contribution in [1.82, 2.24) is 0 Å². The minimum Gasteiger partial charge on any atom is -0.0654 e. The van der Waals surface area contributed by atoms with Crippen LogP contribution in [-0.4, -0.2) is 0 Å². The van der Waals surface area contributed by atoms with Crippen molar-refractivity contribution < 1.29 is 0 Å². The minimum absolute atomic E-state index is 0.732. The van der Waals surface area contributed by atoms with Gasteiger partial charge in [-0.2, -0.15) is 0 Å². The smallest absolute Gasteiger partial charge is 0.0109 e. The predicted molar refractivity (Wildman–Crippen MR) is 102 cm³/mol. The predicted octanol–water partition coefficient (Wildman–Crippen LogP) is 7.23. The monoisotopic (exact) mass is 328 g/mol. The summed E-state index contributed by atoms with van der Waals surface area (Å²) in [7, 11) is 0. The van der Waals surface area contributed by atoms with E-state index in [4.69, 9.17) is 0 Å². The molecule has 0 N–H and O–H groups in total. The summed E-state index contributed by atoms with van der Waals surface area (Å²) in [4.78, 5) is 0. The van der Waals surface area contributed by atoms with Crippen LogP contribution < -0.4 is 0 Å². The fourth-order valence-electron chi connectivity index (χ4n) is 10.5. The Bertz CT molecular complexity index is 488. The Hall–Kier alpha value is 0. The molecule has 0 radical (unpaired) electrons. The Balaban J connectivity index is 1.42. The van der Waals surface area contributed by atoms with E-state index >= 15 is 0 Å². The van der Waals surface area contributed by atoms with Crippen LogP contribution in [0.25, 0.3) is 0 Å². The van der Waals surface area contributed by atoms with E-state index in [1.807, 2.05) is 0 Å². The molecule has 2 spiro atoms. The van der Waals surface area contributed by atoms with E-state index in [0.717, 1.165) is 45.3 Å². The second kappa shape index (κ2) is 4.83. The van der Waals surface area contributed by atoms with E-state index in [0.29, 0.717) is 0 Å². The summed E-state index contributed by atoms with van der Waals surface area (Å²) in [5, 5.41) is 0. The van der Waals surface area contributed by atoms with E-state index in [1.54, 1.807) is 38.5 Å². The second-order valence-corrected chi connectivity index (χ2v) is 10.9. The molecule has 5 rings (SSSR count). The molecule has 0 nitrogen and oxygen atoms in total. The summed E-state index contributed by atoms with van der Waals surface area (Å²) in [5.41, 5.74) is 3.16. The van der Waals surface area contributed by atoms with Crippen molar-refractivity contribution in [2.75, 3.05) is 0 Å². The van der Waals surface area contributed by atoms with Crippen molar-refractivity contribution in [1.29, 1.82) is 0 Å². The van der Waals surface area contributed by atoms with Gasteiger partial charge in [-0.05, 0) is 83.9 Å². The number of fused-ring (bicyclic) bond motifs is 1. The molecule has 0 saturated heterocycles. The summed E-state index contributed by atoms with van der Waals surface area (Å²) in [6, 6.07) is 0. The zero-order valence-corrected chi connectivity index (χ0v) is 16.8. The highest BCUT2D eigenvalue weighted by Crippen LogP contribution is 3.08. The first-order chi connectivity index (χ1) is 11.6. The molecule has 0 bridgehead atoms. The molecular formula is C24H40. The van der Waals surface area contributed by atoms with Gasteiger partial charge >= 0.3 is 0 Å². The average molecular weight is 329 g/mol. The van der Waals surface area contributed by atoms with Crippen LogP contribution in [0.1, 0.15) is 105 Å². The highest BCUT2D eigenvalue weighted by atomic mass is 15.1. The molecule has 136 valence electrons. The first-order valence-corrected chi connectivity index (χ1v) is 11.6. The summed E-state index contributed by atoms with van der Waals surface area (Å²) in [6.07, 6.45) is 18.3. The zero-order valence-electron chi connectivity index (χ0n) is 16.8. The van der Waals surface area contributed by atoms with Crippen molar-refractivity contribution in [3.63, 3.8) is 0 Å². The van der Waals surface area contributed by atoms with Crippen molar-refractivity contribution >= 4 is 0 Å². The molecular weight excluding hydrogens is 288 g/mol. The Morgan fingerprint density at radius 3 is 1.46 bits per heavy atom. The second-order valence-electron chi connectivity index (χ2n) is 10.9. The van der Waals surface area contributed by atoms with Crippen LogP contribution in [0.5, 0.6) is 0 Å². The topological polar surface area (TPSA) is 0 Å².